The lowest BCUT2D eigenvalue weighted by atomic mass is 9.91. The van der Waals surface area contributed by atoms with Crippen molar-refractivity contribution >= 4 is 34.3 Å². The Balaban J connectivity index is 2.58. The van der Waals surface area contributed by atoms with E-state index in [0.29, 0.717) is 10.7 Å². The third-order valence-electron chi connectivity index (χ3n) is 4.22. The molecule has 2 aromatic rings. The van der Waals surface area contributed by atoms with Gasteiger partial charge in [0.1, 0.15) is 0 Å². The van der Waals surface area contributed by atoms with Gasteiger partial charge in [-0.1, -0.05) is 64.6 Å². The van der Waals surface area contributed by atoms with Crippen LogP contribution in [0, 0.1) is 0 Å². The second-order valence-corrected chi connectivity index (χ2v) is 7.63. The Hall–Kier alpha value is -1.68. The average Bonchev–Trinajstić information content (AvgIpc) is 2.76. The number of rotatable bonds is 6. The van der Waals surface area contributed by atoms with Gasteiger partial charge < -0.3 is 9.67 Å². The molecule has 1 aromatic carbocycles. The molecule has 2 N–H and O–H groups in total. The molecular formula is C19H27ClN2O2. The fourth-order valence-corrected chi connectivity index (χ4v) is 3.82. The third-order valence-corrected chi connectivity index (χ3v) is 4.59. The summed E-state index contributed by atoms with van der Waals surface area (Å²) in [5, 5.41) is 13.0. The predicted molar refractivity (Wildman–Crippen MR) is 101 cm³/mol. The fourth-order valence-electron chi connectivity index (χ4n) is 3.24. The summed E-state index contributed by atoms with van der Waals surface area (Å²) < 4.78 is 2.26. The zero-order valence-corrected chi connectivity index (χ0v) is 15.7. The largest absolute Gasteiger partial charge is 0.465 e. The summed E-state index contributed by atoms with van der Waals surface area (Å²) in [6.07, 6.45) is 3.62. The van der Waals surface area contributed by atoms with Gasteiger partial charge in [0, 0.05) is 23.0 Å². The third kappa shape index (κ3) is 3.86. The number of amides is 1. The van der Waals surface area contributed by atoms with Crippen LogP contribution >= 0.6 is 11.6 Å². The topological polar surface area (TPSA) is 54.3 Å². The lowest BCUT2D eigenvalue weighted by Crippen LogP contribution is -2.18. The second-order valence-electron chi connectivity index (χ2n) is 7.25. The summed E-state index contributed by atoms with van der Waals surface area (Å²) >= 11 is 6.72. The van der Waals surface area contributed by atoms with Crippen molar-refractivity contribution in [3.05, 3.63) is 28.9 Å². The number of nitrogens with zero attached hydrogens (tertiary/aromatic N) is 1. The molecule has 0 unspecified atom stereocenters. The standard InChI is InChI=1S/C19H27ClN2O2/c1-5-6-7-8-12-22-14-11-9-10-13(21-18(23)24)15(14)16(20)17(22)19(2,3)4/h9-11,21H,5-8,12H2,1-4H3,(H,23,24). The lowest BCUT2D eigenvalue weighted by Gasteiger charge is -2.23. The molecule has 24 heavy (non-hydrogen) atoms. The molecular weight excluding hydrogens is 324 g/mol. The minimum Gasteiger partial charge on any atom is -0.465 e. The molecule has 2 rings (SSSR count). The Morgan fingerprint density at radius 2 is 1.96 bits per heavy atom. The van der Waals surface area contributed by atoms with E-state index in [-0.39, 0.29) is 5.41 Å². The maximum atomic E-state index is 11.1. The van der Waals surface area contributed by atoms with Crippen LogP contribution in [0.2, 0.25) is 5.02 Å². The molecule has 0 aliphatic rings. The van der Waals surface area contributed by atoms with E-state index in [1.54, 1.807) is 6.07 Å². The van der Waals surface area contributed by atoms with E-state index < -0.39 is 6.09 Å². The summed E-state index contributed by atoms with van der Waals surface area (Å²) in [5.74, 6) is 0. The summed E-state index contributed by atoms with van der Waals surface area (Å²) in [7, 11) is 0. The molecule has 0 bridgehead atoms. The van der Waals surface area contributed by atoms with Crippen LogP contribution in [0.3, 0.4) is 0 Å². The van der Waals surface area contributed by atoms with Crippen molar-refractivity contribution in [1.82, 2.24) is 4.57 Å². The monoisotopic (exact) mass is 350 g/mol. The molecule has 0 saturated carbocycles. The number of hydrogen-bond donors (Lipinski definition) is 2. The van der Waals surface area contributed by atoms with Crippen LogP contribution in [0.5, 0.6) is 0 Å². The van der Waals surface area contributed by atoms with Crippen molar-refractivity contribution in [2.75, 3.05) is 5.32 Å². The molecule has 132 valence electrons. The Kier molecular flexibility index (Phi) is 5.81. The van der Waals surface area contributed by atoms with E-state index >= 15 is 0 Å². The average molecular weight is 351 g/mol. The van der Waals surface area contributed by atoms with Crippen LogP contribution in [0.15, 0.2) is 18.2 Å². The van der Waals surface area contributed by atoms with Crippen LogP contribution in [-0.2, 0) is 12.0 Å². The molecule has 0 atom stereocenters. The van der Waals surface area contributed by atoms with Gasteiger partial charge in [-0.2, -0.15) is 0 Å². The van der Waals surface area contributed by atoms with Crippen molar-refractivity contribution in [1.29, 1.82) is 0 Å². The first-order valence-electron chi connectivity index (χ1n) is 8.58. The number of nitrogens with one attached hydrogen (secondary N) is 1. The summed E-state index contributed by atoms with van der Waals surface area (Å²) in [4.78, 5) is 11.1. The van der Waals surface area contributed by atoms with Gasteiger partial charge in [0.05, 0.1) is 16.2 Å². The van der Waals surface area contributed by atoms with E-state index in [0.717, 1.165) is 29.6 Å². The predicted octanol–water partition coefficient (Wildman–Crippen LogP) is 6.26. The molecule has 0 saturated heterocycles. The van der Waals surface area contributed by atoms with Gasteiger partial charge in [-0.05, 0) is 18.6 Å². The van der Waals surface area contributed by atoms with E-state index in [1.165, 1.54) is 19.3 Å². The first-order chi connectivity index (χ1) is 11.3. The van der Waals surface area contributed by atoms with Crippen LogP contribution < -0.4 is 5.32 Å². The number of fused-ring (bicyclic) bond motifs is 1. The van der Waals surface area contributed by atoms with Crippen LogP contribution in [0.4, 0.5) is 10.5 Å². The smallest absolute Gasteiger partial charge is 0.409 e. The Morgan fingerprint density at radius 1 is 1.25 bits per heavy atom. The number of carbonyl (C=O) groups is 1. The zero-order chi connectivity index (χ0) is 17.9. The lowest BCUT2D eigenvalue weighted by molar-refractivity contribution is 0.210. The van der Waals surface area contributed by atoms with Crippen LogP contribution in [0.25, 0.3) is 10.9 Å². The molecule has 0 aliphatic carbocycles. The number of anilines is 1. The molecule has 0 radical (unpaired) electrons. The fraction of sp³-hybridized carbons (Fsp3) is 0.526. The number of hydrogen-bond acceptors (Lipinski definition) is 1. The first-order valence-corrected chi connectivity index (χ1v) is 8.96. The number of halogens is 1. The summed E-state index contributed by atoms with van der Waals surface area (Å²) in [5.41, 5.74) is 2.48. The summed E-state index contributed by atoms with van der Waals surface area (Å²) in [6, 6.07) is 5.65. The number of unbranched alkanes of at least 4 members (excludes halogenated alkanes) is 3. The van der Waals surface area contributed by atoms with E-state index in [4.69, 9.17) is 16.7 Å². The second kappa shape index (κ2) is 7.47. The molecule has 0 aliphatic heterocycles. The van der Waals surface area contributed by atoms with Crippen LogP contribution in [-0.4, -0.2) is 15.8 Å². The highest BCUT2D eigenvalue weighted by Gasteiger charge is 2.27. The van der Waals surface area contributed by atoms with Gasteiger partial charge >= 0.3 is 6.09 Å². The highest BCUT2D eigenvalue weighted by atomic mass is 35.5. The SMILES string of the molecule is CCCCCCn1c(C(C)(C)C)c(Cl)c2c(NC(=O)O)cccc21. The van der Waals surface area contributed by atoms with Gasteiger partial charge in [0.25, 0.3) is 0 Å². The molecule has 4 nitrogen and oxygen atoms in total. The molecule has 1 aromatic heterocycles. The van der Waals surface area contributed by atoms with Gasteiger partial charge in [-0.15, -0.1) is 0 Å². The number of carboxylic acid groups (broad SMARTS) is 1. The number of aromatic nitrogens is 1. The molecule has 5 heteroatoms. The quantitative estimate of drug-likeness (QED) is 0.604. The summed E-state index contributed by atoms with van der Waals surface area (Å²) in [6.45, 7) is 9.51. The van der Waals surface area contributed by atoms with E-state index in [9.17, 15) is 4.79 Å². The number of benzene rings is 1. The highest BCUT2D eigenvalue weighted by molar-refractivity contribution is 6.38. The zero-order valence-electron chi connectivity index (χ0n) is 14.9. The van der Waals surface area contributed by atoms with Gasteiger partial charge in [0.15, 0.2) is 0 Å². The minimum atomic E-state index is -1.08. The van der Waals surface area contributed by atoms with E-state index in [1.807, 2.05) is 12.1 Å². The van der Waals surface area contributed by atoms with E-state index in [2.05, 4.69) is 37.6 Å². The Labute approximate surface area is 148 Å². The van der Waals surface area contributed by atoms with Crippen molar-refractivity contribution in [3.63, 3.8) is 0 Å². The van der Waals surface area contributed by atoms with Crippen LogP contribution in [0.1, 0.15) is 59.1 Å². The molecule has 0 spiro atoms. The van der Waals surface area contributed by atoms with Gasteiger partial charge in [-0.25, -0.2) is 4.79 Å². The normalized spacial score (nSPS) is 11.9. The van der Waals surface area contributed by atoms with Gasteiger partial charge in [-0.3, -0.25) is 5.32 Å². The Morgan fingerprint density at radius 3 is 2.54 bits per heavy atom. The molecule has 0 fully saturated rings. The van der Waals surface area contributed by atoms with Crippen molar-refractivity contribution in [2.45, 2.75) is 65.3 Å². The number of aryl methyl sites for hydroxylation is 1. The molecule has 1 heterocycles. The minimum absolute atomic E-state index is 0.124. The van der Waals surface area contributed by atoms with Crippen molar-refractivity contribution in [2.24, 2.45) is 0 Å². The maximum absolute atomic E-state index is 11.1. The maximum Gasteiger partial charge on any atom is 0.409 e. The highest BCUT2D eigenvalue weighted by Crippen LogP contribution is 2.41. The van der Waals surface area contributed by atoms with Gasteiger partial charge in [0.2, 0.25) is 0 Å². The first kappa shape index (κ1) is 18.7. The molecule has 1 amide bonds. The Bertz CT molecular complexity index is 729. The van der Waals surface area contributed by atoms with Crippen molar-refractivity contribution < 1.29 is 9.90 Å². The van der Waals surface area contributed by atoms with Crippen molar-refractivity contribution in [3.8, 4) is 0 Å².